The van der Waals surface area contributed by atoms with Gasteiger partial charge in [-0.15, -0.1) is 0 Å². The van der Waals surface area contributed by atoms with Gasteiger partial charge in [-0.05, 0) is 79.4 Å². The van der Waals surface area contributed by atoms with Gasteiger partial charge < -0.3 is 10.2 Å². The number of anilines is 2. The quantitative estimate of drug-likeness (QED) is 0.267. The van der Waals surface area contributed by atoms with Crippen molar-refractivity contribution in [3.05, 3.63) is 102 Å². The molecule has 2 aliphatic rings. The summed E-state index contributed by atoms with van der Waals surface area (Å²) in [6.45, 7) is 5.28. The predicted molar refractivity (Wildman–Crippen MR) is 156 cm³/mol. The average molecular weight is 559 g/mol. The number of hydrogen-bond donors (Lipinski definition) is 1. The van der Waals surface area contributed by atoms with E-state index in [9.17, 15) is 18.0 Å². The summed E-state index contributed by atoms with van der Waals surface area (Å²) in [4.78, 5) is 22.4. The van der Waals surface area contributed by atoms with Crippen LogP contribution >= 0.6 is 0 Å². The van der Waals surface area contributed by atoms with Gasteiger partial charge in [-0.2, -0.15) is 13.2 Å². The number of fused-ring (bicyclic) bond motifs is 1. The van der Waals surface area contributed by atoms with Crippen molar-refractivity contribution in [2.24, 2.45) is 5.41 Å². The van der Waals surface area contributed by atoms with E-state index in [2.05, 4.69) is 57.6 Å². The van der Waals surface area contributed by atoms with E-state index in [0.717, 1.165) is 61.6 Å². The number of benzene rings is 3. The summed E-state index contributed by atoms with van der Waals surface area (Å²) in [5, 5.41) is 3.84. The Hall–Kier alpha value is -3.91. The Bertz CT molecular complexity index is 1520. The summed E-state index contributed by atoms with van der Waals surface area (Å²) < 4.78 is 38.3. The van der Waals surface area contributed by atoms with Gasteiger partial charge in [0.1, 0.15) is 5.82 Å². The van der Waals surface area contributed by atoms with E-state index < -0.39 is 11.7 Å². The molecule has 8 heteroatoms. The highest BCUT2D eigenvalue weighted by Crippen LogP contribution is 2.41. The molecular weight excluding hydrogens is 525 g/mol. The number of alkyl halides is 3. The van der Waals surface area contributed by atoms with Crippen molar-refractivity contribution in [1.82, 2.24) is 9.88 Å². The molecule has 6 rings (SSSR count). The van der Waals surface area contributed by atoms with E-state index >= 15 is 0 Å². The van der Waals surface area contributed by atoms with Gasteiger partial charge in [0.15, 0.2) is 0 Å². The molecule has 2 aliphatic heterocycles. The highest BCUT2D eigenvalue weighted by atomic mass is 19.4. The van der Waals surface area contributed by atoms with Crippen molar-refractivity contribution in [3.63, 3.8) is 0 Å². The minimum absolute atomic E-state index is 0.181. The molecule has 0 saturated carbocycles. The topological polar surface area (TPSA) is 48.5 Å². The number of aromatic nitrogens is 1. The number of hydrogen-bond acceptors (Lipinski definition) is 4. The van der Waals surface area contributed by atoms with Crippen LogP contribution in [0.25, 0.3) is 10.9 Å². The summed E-state index contributed by atoms with van der Waals surface area (Å²) in [5.41, 5.74) is 3.24. The molecular formula is C33H33F3N4O. The van der Waals surface area contributed by atoms with E-state index in [-0.39, 0.29) is 12.3 Å². The molecule has 1 N–H and O–H groups in total. The molecule has 41 heavy (non-hydrogen) atoms. The maximum Gasteiger partial charge on any atom is 0.416 e. The van der Waals surface area contributed by atoms with Gasteiger partial charge in [0.05, 0.1) is 11.1 Å². The number of rotatable bonds is 7. The number of carbonyl (C=O) groups excluding carboxylic acids is 1. The number of pyridine rings is 1. The van der Waals surface area contributed by atoms with E-state index in [0.29, 0.717) is 23.1 Å². The molecule has 2 fully saturated rings. The highest BCUT2D eigenvalue weighted by molar-refractivity contribution is 5.94. The molecule has 1 unspecified atom stereocenters. The number of halogens is 3. The lowest BCUT2D eigenvalue weighted by Gasteiger charge is -2.25. The van der Waals surface area contributed by atoms with Crippen LogP contribution in [-0.4, -0.2) is 42.0 Å². The van der Waals surface area contributed by atoms with Gasteiger partial charge in [0.25, 0.3) is 0 Å². The number of carbonyl (C=O) groups is 1. The van der Waals surface area contributed by atoms with Crippen LogP contribution < -0.4 is 10.2 Å². The summed E-state index contributed by atoms with van der Waals surface area (Å²) in [7, 11) is 0. The normalized spacial score (nSPS) is 19.3. The maximum atomic E-state index is 12.8. The lowest BCUT2D eigenvalue weighted by Crippen LogP contribution is -2.31. The zero-order chi connectivity index (χ0) is 28.5. The fourth-order valence-electron chi connectivity index (χ4n) is 6.18. The predicted octanol–water partition coefficient (Wildman–Crippen LogP) is 6.93. The fraction of sp³-hybridized carbons (Fsp3) is 0.333. The van der Waals surface area contributed by atoms with Crippen LogP contribution in [0.1, 0.15) is 36.0 Å². The molecule has 1 atom stereocenters. The third-order valence-corrected chi connectivity index (χ3v) is 8.41. The van der Waals surface area contributed by atoms with E-state index in [4.69, 9.17) is 4.98 Å². The van der Waals surface area contributed by atoms with Gasteiger partial charge in [-0.25, -0.2) is 4.98 Å². The maximum absolute atomic E-state index is 12.8. The zero-order valence-electron chi connectivity index (χ0n) is 22.8. The SMILES string of the molecule is O=C(CCc1ccc(C(F)(F)F)cc1)Nc1ccc2nc(N3CCC4(CCN(Cc5ccccc5)C4)C3)ccc2c1. The number of nitrogens with zero attached hydrogens (tertiary/aromatic N) is 3. The van der Waals surface area contributed by atoms with E-state index in [1.165, 1.54) is 30.5 Å². The minimum atomic E-state index is -4.36. The van der Waals surface area contributed by atoms with Gasteiger partial charge in [-0.3, -0.25) is 9.69 Å². The summed E-state index contributed by atoms with van der Waals surface area (Å²) in [6.07, 6.45) is -1.43. The Labute approximate surface area is 238 Å². The van der Waals surface area contributed by atoms with Crippen molar-refractivity contribution >= 4 is 28.3 Å². The molecule has 3 aromatic carbocycles. The third-order valence-electron chi connectivity index (χ3n) is 8.41. The van der Waals surface area contributed by atoms with Gasteiger partial charge in [-0.1, -0.05) is 42.5 Å². The number of aryl methyl sites for hydroxylation is 1. The second kappa shape index (κ2) is 11.2. The number of amides is 1. The Kier molecular flexibility index (Phi) is 7.43. The molecule has 212 valence electrons. The average Bonchev–Trinajstić information content (AvgIpc) is 3.57. The minimum Gasteiger partial charge on any atom is -0.356 e. The van der Waals surface area contributed by atoms with Crippen LogP contribution in [0.2, 0.25) is 0 Å². The van der Waals surface area contributed by atoms with Crippen LogP contribution in [0, 0.1) is 5.41 Å². The van der Waals surface area contributed by atoms with Crippen LogP contribution in [-0.2, 0) is 23.9 Å². The Balaban J connectivity index is 1.03. The van der Waals surface area contributed by atoms with Crippen LogP contribution in [0.3, 0.4) is 0 Å². The van der Waals surface area contributed by atoms with Gasteiger partial charge >= 0.3 is 6.18 Å². The molecule has 1 amide bonds. The number of nitrogens with one attached hydrogen (secondary N) is 1. The van der Waals surface area contributed by atoms with Gasteiger partial charge in [0, 0.05) is 49.1 Å². The lowest BCUT2D eigenvalue weighted by molar-refractivity contribution is -0.137. The first-order chi connectivity index (χ1) is 19.7. The first kappa shape index (κ1) is 27.3. The third kappa shape index (κ3) is 6.38. The molecule has 4 aromatic rings. The van der Waals surface area contributed by atoms with Crippen molar-refractivity contribution in [1.29, 1.82) is 0 Å². The molecule has 0 bridgehead atoms. The monoisotopic (exact) mass is 558 g/mol. The largest absolute Gasteiger partial charge is 0.416 e. The Morgan fingerprint density at radius 2 is 1.66 bits per heavy atom. The molecule has 2 saturated heterocycles. The van der Waals surface area contributed by atoms with Gasteiger partial charge in [0.2, 0.25) is 5.91 Å². The fourth-order valence-corrected chi connectivity index (χ4v) is 6.18. The molecule has 5 nitrogen and oxygen atoms in total. The highest BCUT2D eigenvalue weighted by Gasteiger charge is 2.43. The van der Waals surface area contributed by atoms with Crippen LogP contribution in [0.15, 0.2) is 84.9 Å². The van der Waals surface area contributed by atoms with Crippen molar-refractivity contribution < 1.29 is 18.0 Å². The second-order valence-electron chi connectivity index (χ2n) is 11.4. The first-order valence-corrected chi connectivity index (χ1v) is 14.1. The zero-order valence-corrected chi connectivity index (χ0v) is 22.8. The van der Waals surface area contributed by atoms with Crippen molar-refractivity contribution in [3.8, 4) is 0 Å². The van der Waals surface area contributed by atoms with E-state index in [1.54, 1.807) is 0 Å². The summed E-state index contributed by atoms with van der Waals surface area (Å²) >= 11 is 0. The molecule has 1 spiro atoms. The Morgan fingerprint density at radius 1 is 0.878 bits per heavy atom. The standard InChI is InChI=1S/C33H33F3N4O/c34-33(35,36)27-10-6-24(7-11-27)8-15-31(41)37-28-12-13-29-26(20-28)9-14-30(38-29)40-19-17-32(23-40)16-18-39(22-32)21-25-4-2-1-3-5-25/h1-7,9-14,20H,8,15-19,21-23H2,(H,37,41). The molecule has 1 aromatic heterocycles. The summed E-state index contributed by atoms with van der Waals surface area (Å²) in [6, 6.07) is 25.4. The van der Waals surface area contributed by atoms with E-state index in [1.807, 2.05) is 18.2 Å². The second-order valence-corrected chi connectivity index (χ2v) is 11.4. The lowest BCUT2D eigenvalue weighted by atomic mass is 9.86. The molecule has 3 heterocycles. The number of likely N-dealkylation sites (tertiary alicyclic amines) is 1. The summed E-state index contributed by atoms with van der Waals surface area (Å²) in [5.74, 6) is 0.804. The first-order valence-electron chi connectivity index (χ1n) is 14.1. The van der Waals surface area contributed by atoms with Crippen molar-refractivity contribution in [2.75, 3.05) is 36.4 Å². The Morgan fingerprint density at radius 3 is 2.44 bits per heavy atom. The molecule has 0 aliphatic carbocycles. The molecule has 0 radical (unpaired) electrons. The van der Waals surface area contributed by atoms with Crippen LogP contribution in [0.4, 0.5) is 24.7 Å². The smallest absolute Gasteiger partial charge is 0.356 e. The van der Waals surface area contributed by atoms with Crippen LogP contribution in [0.5, 0.6) is 0 Å². The van der Waals surface area contributed by atoms with Crippen molar-refractivity contribution in [2.45, 2.75) is 38.4 Å².